The van der Waals surface area contributed by atoms with Gasteiger partial charge in [0.15, 0.2) is 0 Å². The lowest BCUT2D eigenvalue weighted by molar-refractivity contribution is -0.149. The Balaban J connectivity index is 2.06. The topological polar surface area (TPSA) is 38.3 Å². The molecule has 3 nitrogen and oxygen atoms in total. The number of hydrogen-bond acceptors (Lipinski definition) is 3. The number of carbonyl (C=O) groups is 1. The molecule has 106 valence electrons. The highest BCUT2D eigenvalue weighted by Gasteiger charge is 2.18. The Bertz CT molecular complexity index is 225. The first-order chi connectivity index (χ1) is 8.72. The molecule has 0 spiro atoms. The molecule has 1 heterocycles. The second-order valence-corrected chi connectivity index (χ2v) is 5.57. The summed E-state index contributed by atoms with van der Waals surface area (Å²) >= 11 is 0. The number of piperidine rings is 1. The Morgan fingerprint density at radius 1 is 1.39 bits per heavy atom. The molecule has 0 aromatic rings. The number of hydrogen-bond donors (Lipinski definition) is 1. The molecule has 0 saturated carbocycles. The average molecular weight is 255 g/mol. The number of nitrogens with one attached hydrogen (secondary N) is 1. The highest BCUT2D eigenvalue weighted by molar-refractivity contribution is 5.69. The molecule has 0 bridgehead atoms. The van der Waals surface area contributed by atoms with E-state index in [2.05, 4.69) is 12.2 Å². The van der Waals surface area contributed by atoms with Gasteiger partial charge in [-0.3, -0.25) is 4.79 Å². The smallest absolute Gasteiger partial charge is 0.306 e. The molecule has 0 amide bonds. The van der Waals surface area contributed by atoms with Crippen LogP contribution in [0.2, 0.25) is 0 Å². The van der Waals surface area contributed by atoms with E-state index >= 15 is 0 Å². The van der Waals surface area contributed by atoms with Gasteiger partial charge in [0.05, 0.1) is 6.10 Å². The first-order valence-electron chi connectivity index (χ1n) is 7.62. The van der Waals surface area contributed by atoms with Crippen LogP contribution < -0.4 is 5.32 Å². The van der Waals surface area contributed by atoms with Crippen LogP contribution in [0.25, 0.3) is 0 Å². The second kappa shape index (κ2) is 9.37. The van der Waals surface area contributed by atoms with Crippen LogP contribution in [0.1, 0.15) is 65.2 Å². The lowest BCUT2D eigenvalue weighted by Gasteiger charge is -2.22. The summed E-state index contributed by atoms with van der Waals surface area (Å²) in [6, 6.07) is 0. The molecule has 18 heavy (non-hydrogen) atoms. The minimum atomic E-state index is -0.00769. The third kappa shape index (κ3) is 7.00. The number of unbranched alkanes of at least 4 members (excludes halogenated alkanes) is 3. The van der Waals surface area contributed by atoms with Crippen molar-refractivity contribution >= 4 is 5.97 Å². The fourth-order valence-corrected chi connectivity index (χ4v) is 2.52. The Hall–Kier alpha value is -0.570. The van der Waals surface area contributed by atoms with E-state index in [-0.39, 0.29) is 12.1 Å². The minimum absolute atomic E-state index is 0.00769. The Labute approximate surface area is 112 Å². The predicted molar refractivity (Wildman–Crippen MR) is 74.5 cm³/mol. The van der Waals surface area contributed by atoms with E-state index in [4.69, 9.17) is 4.74 Å². The summed E-state index contributed by atoms with van der Waals surface area (Å²) in [5, 5.41) is 3.33. The van der Waals surface area contributed by atoms with Gasteiger partial charge in [0.25, 0.3) is 0 Å². The van der Waals surface area contributed by atoms with Crippen LogP contribution in [0.4, 0.5) is 0 Å². The average Bonchev–Trinajstić information content (AvgIpc) is 2.35. The van der Waals surface area contributed by atoms with E-state index in [0.717, 1.165) is 25.9 Å². The molecule has 0 aromatic heterocycles. The van der Waals surface area contributed by atoms with Gasteiger partial charge in [0, 0.05) is 6.42 Å². The van der Waals surface area contributed by atoms with Crippen molar-refractivity contribution in [2.24, 2.45) is 5.92 Å². The molecule has 0 radical (unpaired) electrons. The van der Waals surface area contributed by atoms with Crippen molar-refractivity contribution in [3.8, 4) is 0 Å². The molecule has 0 aliphatic carbocycles. The highest BCUT2D eigenvalue weighted by Crippen LogP contribution is 2.16. The monoisotopic (exact) mass is 255 g/mol. The molecule has 1 aliphatic heterocycles. The third-order valence-electron chi connectivity index (χ3n) is 3.65. The van der Waals surface area contributed by atoms with Crippen LogP contribution in [-0.4, -0.2) is 25.2 Å². The summed E-state index contributed by atoms with van der Waals surface area (Å²) in [6.07, 6.45) is 9.00. The van der Waals surface area contributed by atoms with E-state index in [9.17, 15) is 4.79 Å². The van der Waals surface area contributed by atoms with Gasteiger partial charge in [-0.1, -0.05) is 26.2 Å². The molecule has 1 fully saturated rings. The van der Waals surface area contributed by atoms with Crippen LogP contribution in [0.3, 0.4) is 0 Å². The lowest BCUT2D eigenvalue weighted by Crippen LogP contribution is -2.31. The van der Waals surface area contributed by atoms with Crippen molar-refractivity contribution in [1.29, 1.82) is 0 Å². The zero-order chi connectivity index (χ0) is 13.2. The molecular formula is C15H29NO2. The highest BCUT2D eigenvalue weighted by atomic mass is 16.5. The summed E-state index contributed by atoms with van der Waals surface area (Å²) in [6.45, 7) is 6.30. The summed E-state index contributed by atoms with van der Waals surface area (Å²) in [7, 11) is 0. The van der Waals surface area contributed by atoms with Gasteiger partial charge >= 0.3 is 5.97 Å². The molecule has 1 N–H and O–H groups in total. The second-order valence-electron chi connectivity index (χ2n) is 5.57. The molecule has 0 aromatic carbocycles. The fourth-order valence-electron chi connectivity index (χ4n) is 2.52. The molecule has 1 saturated heterocycles. The number of carbonyl (C=O) groups excluding carboxylic acids is 1. The SMILES string of the molecule is CCCCCCC(C)OC(=O)CC1CCCNC1. The Morgan fingerprint density at radius 2 is 2.22 bits per heavy atom. The van der Waals surface area contributed by atoms with Crippen LogP contribution in [0.15, 0.2) is 0 Å². The number of rotatable bonds is 8. The van der Waals surface area contributed by atoms with Crippen LogP contribution >= 0.6 is 0 Å². The minimum Gasteiger partial charge on any atom is -0.463 e. The predicted octanol–water partition coefficient (Wildman–Crippen LogP) is 3.28. The summed E-state index contributed by atoms with van der Waals surface area (Å²) in [4.78, 5) is 11.8. The number of ether oxygens (including phenoxy) is 1. The lowest BCUT2D eigenvalue weighted by atomic mass is 9.96. The van der Waals surface area contributed by atoms with Gasteiger partial charge in [-0.25, -0.2) is 0 Å². The van der Waals surface area contributed by atoms with E-state index < -0.39 is 0 Å². The molecular weight excluding hydrogens is 226 g/mol. The molecule has 1 rings (SSSR count). The molecule has 2 atom stereocenters. The molecule has 2 unspecified atom stereocenters. The zero-order valence-corrected chi connectivity index (χ0v) is 12.0. The Kier molecular flexibility index (Phi) is 8.06. The van der Waals surface area contributed by atoms with Crippen molar-refractivity contribution < 1.29 is 9.53 Å². The quantitative estimate of drug-likeness (QED) is 0.534. The van der Waals surface area contributed by atoms with Crippen molar-refractivity contribution in [2.75, 3.05) is 13.1 Å². The largest absolute Gasteiger partial charge is 0.463 e. The summed E-state index contributed by atoms with van der Waals surface area (Å²) in [5.74, 6) is 0.477. The van der Waals surface area contributed by atoms with E-state index in [1.54, 1.807) is 0 Å². The maximum atomic E-state index is 11.8. The standard InChI is InChI=1S/C15H29NO2/c1-3-4-5-6-8-13(2)18-15(17)11-14-9-7-10-16-12-14/h13-14,16H,3-12H2,1-2H3. The van der Waals surface area contributed by atoms with Gasteiger partial charge in [0.2, 0.25) is 0 Å². The van der Waals surface area contributed by atoms with Crippen molar-refractivity contribution in [3.63, 3.8) is 0 Å². The fraction of sp³-hybridized carbons (Fsp3) is 0.933. The van der Waals surface area contributed by atoms with Crippen LogP contribution in [0.5, 0.6) is 0 Å². The van der Waals surface area contributed by atoms with Crippen molar-refractivity contribution in [1.82, 2.24) is 5.32 Å². The summed E-state index contributed by atoms with van der Waals surface area (Å²) < 4.78 is 5.47. The summed E-state index contributed by atoms with van der Waals surface area (Å²) in [5.41, 5.74) is 0. The van der Waals surface area contributed by atoms with E-state index in [0.29, 0.717) is 12.3 Å². The normalized spacial score (nSPS) is 21.6. The molecule has 3 heteroatoms. The van der Waals surface area contributed by atoms with E-state index in [1.165, 1.54) is 32.1 Å². The van der Waals surface area contributed by atoms with Crippen molar-refractivity contribution in [3.05, 3.63) is 0 Å². The maximum absolute atomic E-state index is 11.8. The van der Waals surface area contributed by atoms with Gasteiger partial charge in [-0.05, 0) is 51.6 Å². The maximum Gasteiger partial charge on any atom is 0.306 e. The number of esters is 1. The van der Waals surface area contributed by atoms with Gasteiger partial charge in [0.1, 0.15) is 0 Å². The van der Waals surface area contributed by atoms with Crippen molar-refractivity contribution in [2.45, 2.75) is 71.3 Å². The van der Waals surface area contributed by atoms with E-state index in [1.807, 2.05) is 6.92 Å². The van der Waals surface area contributed by atoms with Gasteiger partial charge in [-0.15, -0.1) is 0 Å². The Morgan fingerprint density at radius 3 is 2.89 bits per heavy atom. The van der Waals surface area contributed by atoms with Gasteiger partial charge < -0.3 is 10.1 Å². The zero-order valence-electron chi connectivity index (χ0n) is 12.0. The molecule has 1 aliphatic rings. The first kappa shape index (κ1) is 15.5. The van der Waals surface area contributed by atoms with Crippen LogP contribution in [0, 0.1) is 5.92 Å². The van der Waals surface area contributed by atoms with Crippen LogP contribution in [-0.2, 0) is 9.53 Å². The third-order valence-corrected chi connectivity index (χ3v) is 3.65. The first-order valence-corrected chi connectivity index (χ1v) is 7.62. The van der Waals surface area contributed by atoms with Gasteiger partial charge in [-0.2, -0.15) is 0 Å².